The average Bonchev–Trinajstić information content (AvgIpc) is 2.78. The summed E-state index contributed by atoms with van der Waals surface area (Å²) in [5, 5.41) is 0.704. The zero-order valence-corrected chi connectivity index (χ0v) is 19.9. The van der Waals surface area contributed by atoms with Gasteiger partial charge in [0.15, 0.2) is 11.3 Å². The number of hydrogen-bond donors (Lipinski definition) is 0. The molecule has 6 nitrogen and oxygen atoms in total. The van der Waals surface area contributed by atoms with Gasteiger partial charge in [-0.15, -0.1) is 0 Å². The first-order chi connectivity index (χ1) is 15.2. The first-order valence-corrected chi connectivity index (χ1v) is 11.5. The van der Waals surface area contributed by atoms with Crippen LogP contribution in [0.5, 0.6) is 17.2 Å². The molecule has 2 aliphatic carbocycles. The summed E-state index contributed by atoms with van der Waals surface area (Å²) in [6.45, 7) is 9.43. The van der Waals surface area contributed by atoms with Crippen molar-refractivity contribution in [3.05, 3.63) is 28.6 Å². The Morgan fingerprint density at radius 3 is 2.50 bits per heavy atom. The van der Waals surface area contributed by atoms with Crippen LogP contribution in [0.15, 0.2) is 27.4 Å². The summed E-state index contributed by atoms with van der Waals surface area (Å²) in [5.74, 6) is 2.60. The molecule has 0 spiro atoms. The van der Waals surface area contributed by atoms with E-state index in [1.54, 1.807) is 19.2 Å². The van der Waals surface area contributed by atoms with Crippen LogP contribution in [0, 0.1) is 28.6 Å². The SMILES string of the molecule is COc1cc2ccc(=O)oc2c(OC)c1OC[C@]1(C)[C@H]2CCC(=O)[C@@H](C)[C@]2(C)CC[C@@H]1C. The van der Waals surface area contributed by atoms with Crippen LogP contribution in [0.1, 0.15) is 53.4 Å². The number of Topliss-reactive ketones (excluding diaryl/α,β-unsaturated/α-hetero) is 1. The lowest BCUT2D eigenvalue weighted by Crippen LogP contribution is -2.56. The third-order valence-corrected chi connectivity index (χ3v) is 8.72. The van der Waals surface area contributed by atoms with E-state index in [2.05, 4.69) is 27.7 Å². The number of ether oxygens (including phenoxy) is 3. The molecule has 0 radical (unpaired) electrons. The smallest absolute Gasteiger partial charge is 0.336 e. The molecule has 1 aromatic heterocycles. The maximum absolute atomic E-state index is 12.5. The summed E-state index contributed by atoms with van der Waals surface area (Å²) in [4.78, 5) is 24.4. The normalized spacial score (nSPS) is 32.4. The number of benzene rings is 1. The monoisotopic (exact) mass is 442 g/mol. The van der Waals surface area contributed by atoms with E-state index in [1.165, 1.54) is 13.2 Å². The lowest BCUT2D eigenvalue weighted by Gasteiger charge is -2.59. The molecule has 0 amide bonds. The van der Waals surface area contributed by atoms with Crippen LogP contribution in [-0.2, 0) is 4.79 Å². The van der Waals surface area contributed by atoms with Crippen LogP contribution in [0.4, 0.5) is 0 Å². The maximum Gasteiger partial charge on any atom is 0.336 e. The summed E-state index contributed by atoms with van der Waals surface area (Å²) in [6.07, 6.45) is 3.66. The topological polar surface area (TPSA) is 75.0 Å². The van der Waals surface area contributed by atoms with Crippen molar-refractivity contribution in [3.8, 4) is 17.2 Å². The summed E-state index contributed by atoms with van der Waals surface area (Å²) in [6, 6.07) is 4.86. The van der Waals surface area contributed by atoms with Crippen LogP contribution in [0.25, 0.3) is 11.0 Å². The standard InChI is InChI=1S/C26H34O6/c1-15-11-12-25(3)16(2)18(27)8-9-20(25)26(15,4)14-31-23-19(29-5)13-17-7-10-21(28)32-22(17)24(23)30-6/h7,10,13,15-16,20H,8-9,11-12,14H2,1-6H3/t15-,16+,20-,25-,26-/m0/s1. The predicted octanol–water partition coefficient (Wildman–Crippen LogP) is 5.25. The third-order valence-electron chi connectivity index (χ3n) is 8.72. The molecule has 32 heavy (non-hydrogen) atoms. The predicted molar refractivity (Wildman–Crippen MR) is 123 cm³/mol. The first kappa shape index (κ1) is 22.7. The summed E-state index contributed by atoms with van der Waals surface area (Å²) < 4.78 is 23.2. The van der Waals surface area contributed by atoms with Crippen molar-refractivity contribution >= 4 is 16.8 Å². The van der Waals surface area contributed by atoms with Gasteiger partial charge >= 0.3 is 5.63 Å². The molecule has 4 rings (SSSR count). The molecule has 2 aromatic rings. The molecule has 2 saturated carbocycles. The van der Waals surface area contributed by atoms with E-state index in [9.17, 15) is 9.59 Å². The fraction of sp³-hybridized carbons (Fsp3) is 0.615. The van der Waals surface area contributed by atoms with Crippen LogP contribution < -0.4 is 19.8 Å². The van der Waals surface area contributed by atoms with Gasteiger partial charge in [0, 0.05) is 29.2 Å². The molecule has 6 heteroatoms. The minimum atomic E-state index is -0.448. The molecule has 0 unspecified atom stereocenters. The fourth-order valence-electron chi connectivity index (χ4n) is 6.26. The van der Waals surface area contributed by atoms with Crippen molar-refractivity contribution in [2.24, 2.45) is 28.6 Å². The van der Waals surface area contributed by atoms with Gasteiger partial charge < -0.3 is 18.6 Å². The largest absolute Gasteiger partial charge is 0.493 e. The Balaban J connectivity index is 1.73. The summed E-state index contributed by atoms with van der Waals surface area (Å²) >= 11 is 0. The molecule has 1 heterocycles. The van der Waals surface area contributed by atoms with Gasteiger partial charge in [0.2, 0.25) is 11.5 Å². The Bertz CT molecular complexity index is 1090. The molecule has 2 aliphatic rings. The Hall–Kier alpha value is -2.50. The molecule has 5 atom stereocenters. The van der Waals surface area contributed by atoms with Crippen molar-refractivity contribution in [2.75, 3.05) is 20.8 Å². The highest BCUT2D eigenvalue weighted by Crippen LogP contribution is 2.61. The van der Waals surface area contributed by atoms with E-state index in [0.29, 0.717) is 58.9 Å². The summed E-state index contributed by atoms with van der Waals surface area (Å²) in [5.41, 5.74) is -0.245. The zero-order valence-electron chi connectivity index (χ0n) is 19.9. The minimum absolute atomic E-state index is 0.0235. The highest BCUT2D eigenvalue weighted by Gasteiger charge is 2.57. The van der Waals surface area contributed by atoms with Crippen LogP contribution in [0.3, 0.4) is 0 Å². The highest BCUT2D eigenvalue weighted by molar-refractivity contribution is 5.88. The third kappa shape index (κ3) is 3.39. The van der Waals surface area contributed by atoms with Gasteiger partial charge in [-0.2, -0.15) is 0 Å². The van der Waals surface area contributed by atoms with Gasteiger partial charge in [0.05, 0.1) is 20.8 Å². The number of ketones is 1. The van der Waals surface area contributed by atoms with Crippen LogP contribution in [-0.4, -0.2) is 26.6 Å². The van der Waals surface area contributed by atoms with E-state index in [1.807, 2.05) is 0 Å². The second kappa shape index (κ2) is 8.13. The van der Waals surface area contributed by atoms with Gasteiger partial charge in [-0.3, -0.25) is 4.79 Å². The van der Waals surface area contributed by atoms with Gasteiger partial charge in [0.25, 0.3) is 0 Å². The Kier molecular flexibility index (Phi) is 5.76. The van der Waals surface area contributed by atoms with Crippen molar-refractivity contribution in [3.63, 3.8) is 0 Å². The molecule has 0 saturated heterocycles. The van der Waals surface area contributed by atoms with Crippen molar-refractivity contribution < 1.29 is 23.4 Å². The fourth-order valence-corrected chi connectivity index (χ4v) is 6.26. The Labute approximate surface area is 189 Å². The Morgan fingerprint density at radius 1 is 1.06 bits per heavy atom. The van der Waals surface area contributed by atoms with E-state index in [0.717, 1.165) is 19.3 Å². The molecule has 174 valence electrons. The second-order valence-corrected chi connectivity index (χ2v) is 10.1. The Morgan fingerprint density at radius 2 is 1.81 bits per heavy atom. The van der Waals surface area contributed by atoms with E-state index in [-0.39, 0.29) is 16.7 Å². The molecular weight excluding hydrogens is 408 g/mol. The van der Waals surface area contributed by atoms with E-state index in [4.69, 9.17) is 18.6 Å². The van der Waals surface area contributed by atoms with Gasteiger partial charge in [0.1, 0.15) is 5.78 Å². The number of hydrogen-bond acceptors (Lipinski definition) is 6. The number of carbonyl (C=O) groups excluding carboxylic acids is 1. The summed E-state index contributed by atoms with van der Waals surface area (Å²) in [7, 11) is 3.12. The number of fused-ring (bicyclic) bond motifs is 2. The lowest BCUT2D eigenvalue weighted by atomic mass is 9.45. The first-order valence-electron chi connectivity index (χ1n) is 11.5. The van der Waals surface area contributed by atoms with Crippen molar-refractivity contribution in [2.45, 2.75) is 53.4 Å². The molecule has 0 aliphatic heterocycles. The quantitative estimate of drug-likeness (QED) is 0.589. The van der Waals surface area contributed by atoms with Crippen LogP contribution >= 0.6 is 0 Å². The lowest BCUT2D eigenvalue weighted by molar-refractivity contribution is -0.151. The van der Waals surface area contributed by atoms with Gasteiger partial charge in [-0.25, -0.2) is 4.79 Å². The van der Waals surface area contributed by atoms with Gasteiger partial charge in [-0.1, -0.05) is 27.7 Å². The molecule has 1 aromatic carbocycles. The molecule has 2 fully saturated rings. The van der Waals surface area contributed by atoms with Crippen molar-refractivity contribution in [1.82, 2.24) is 0 Å². The number of carbonyl (C=O) groups is 1. The highest BCUT2D eigenvalue weighted by atomic mass is 16.5. The molecule has 0 bridgehead atoms. The average molecular weight is 443 g/mol. The van der Waals surface area contributed by atoms with Crippen LogP contribution in [0.2, 0.25) is 0 Å². The molecule has 0 N–H and O–H groups in total. The molecular formula is C26H34O6. The zero-order chi connectivity index (χ0) is 23.3. The number of rotatable bonds is 5. The number of methoxy groups -OCH3 is 2. The van der Waals surface area contributed by atoms with Gasteiger partial charge in [-0.05, 0) is 48.6 Å². The van der Waals surface area contributed by atoms with E-state index < -0.39 is 5.63 Å². The maximum atomic E-state index is 12.5. The minimum Gasteiger partial charge on any atom is -0.493 e. The second-order valence-electron chi connectivity index (χ2n) is 10.1. The van der Waals surface area contributed by atoms with E-state index >= 15 is 0 Å². The van der Waals surface area contributed by atoms with Crippen molar-refractivity contribution in [1.29, 1.82) is 0 Å².